The summed E-state index contributed by atoms with van der Waals surface area (Å²) in [5, 5.41) is 0.737. The number of nitrogens with zero attached hydrogens (tertiary/aromatic N) is 1. The van der Waals surface area contributed by atoms with E-state index in [1.165, 1.54) is 0 Å². The average molecular weight is 330 g/mol. The van der Waals surface area contributed by atoms with Gasteiger partial charge >= 0.3 is 0 Å². The first-order valence-electron chi connectivity index (χ1n) is 7.15. The molecule has 0 saturated carbocycles. The molecular formula is C15H20ClNO3S. The Hall–Kier alpha value is -0.620. The van der Waals surface area contributed by atoms with E-state index in [1.807, 2.05) is 24.3 Å². The molecule has 2 heterocycles. The highest BCUT2D eigenvalue weighted by molar-refractivity contribution is 7.93. The summed E-state index contributed by atoms with van der Waals surface area (Å²) in [6.07, 6.45) is 0.718. The van der Waals surface area contributed by atoms with Gasteiger partial charge in [0.2, 0.25) is 0 Å². The Morgan fingerprint density at radius 1 is 1.38 bits per heavy atom. The minimum absolute atomic E-state index is 0.120. The fourth-order valence-corrected chi connectivity index (χ4v) is 6.25. The lowest BCUT2D eigenvalue weighted by Crippen LogP contribution is -2.67. The van der Waals surface area contributed by atoms with Gasteiger partial charge < -0.3 is 4.74 Å². The van der Waals surface area contributed by atoms with Crippen LogP contribution in [0.4, 0.5) is 0 Å². The van der Waals surface area contributed by atoms with E-state index < -0.39 is 14.6 Å². The quantitative estimate of drug-likeness (QED) is 0.847. The molecule has 21 heavy (non-hydrogen) atoms. The number of rotatable bonds is 4. The van der Waals surface area contributed by atoms with Gasteiger partial charge in [0.15, 0.2) is 9.84 Å². The largest absolute Gasteiger partial charge is 0.384 e. The molecule has 2 aliphatic heterocycles. The number of halogens is 1. The average Bonchev–Trinajstić information content (AvgIpc) is 2.65. The van der Waals surface area contributed by atoms with Crippen LogP contribution in [0.15, 0.2) is 24.3 Å². The SMILES string of the molecule is COC[C@@H]1CCS(=O)(=O)C12CN(Cc1ccccc1Cl)C2. The van der Waals surface area contributed by atoms with Gasteiger partial charge in [-0.15, -0.1) is 0 Å². The van der Waals surface area contributed by atoms with Crippen molar-refractivity contribution in [1.82, 2.24) is 4.90 Å². The zero-order valence-corrected chi connectivity index (χ0v) is 13.7. The Kier molecular flexibility index (Phi) is 4.03. The first-order valence-corrected chi connectivity index (χ1v) is 9.18. The molecule has 0 aromatic heterocycles. The molecule has 0 radical (unpaired) electrons. The van der Waals surface area contributed by atoms with Crippen molar-refractivity contribution in [3.63, 3.8) is 0 Å². The summed E-state index contributed by atoms with van der Waals surface area (Å²) >= 11 is 6.17. The Morgan fingerprint density at radius 3 is 2.76 bits per heavy atom. The minimum atomic E-state index is -3.01. The molecule has 4 nitrogen and oxygen atoms in total. The molecule has 3 rings (SSSR count). The molecule has 1 atom stereocenters. The van der Waals surface area contributed by atoms with Gasteiger partial charge in [-0.2, -0.15) is 0 Å². The number of benzene rings is 1. The van der Waals surface area contributed by atoms with Crippen molar-refractivity contribution >= 4 is 21.4 Å². The van der Waals surface area contributed by atoms with Crippen molar-refractivity contribution in [2.24, 2.45) is 5.92 Å². The standard InChI is InChI=1S/C15H20ClNO3S/c1-20-9-13-6-7-21(18,19)15(13)10-17(11-15)8-12-4-2-3-5-14(12)16/h2-5,13H,6-11H2,1H3/t13-/m0/s1. The predicted molar refractivity (Wildman–Crippen MR) is 83.2 cm³/mol. The van der Waals surface area contributed by atoms with Crippen LogP contribution in [0.2, 0.25) is 5.02 Å². The van der Waals surface area contributed by atoms with Gasteiger partial charge in [-0.25, -0.2) is 8.42 Å². The van der Waals surface area contributed by atoms with E-state index in [0.29, 0.717) is 32.0 Å². The van der Waals surface area contributed by atoms with Crippen LogP contribution in [-0.4, -0.2) is 50.6 Å². The zero-order chi connectivity index (χ0) is 15.1. The third-order valence-electron chi connectivity index (χ3n) is 4.80. The molecular weight excluding hydrogens is 310 g/mol. The maximum atomic E-state index is 12.4. The fourth-order valence-electron chi connectivity index (χ4n) is 3.60. The fraction of sp³-hybridized carbons (Fsp3) is 0.600. The van der Waals surface area contributed by atoms with Crippen molar-refractivity contribution in [1.29, 1.82) is 0 Å². The van der Waals surface area contributed by atoms with Crippen LogP contribution in [0, 0.1) is 5.92 Å². The van der Waals surface area contributed by atoms with Crippen molar-refractivity contribution in [2.75, 3.05) is 32.6 Å². The van der Waals surface area contributed by atoms with Gasteiger partial charge in [0.25, 0.3) is 0 Å². The molecule has 2 aliphatic rings. The van der Waals surface area contributed by atoms with Gasteiger partial charge in [0.05, 0.1) is 12.4 Å². The maximum absolute atomic E-state index is 12.4. The summed E-state index contributed by atoms with van der Waals surface area (Å²) in [4.78, 5) is 2.16. The van der Waals surface area contributed by atoms with E-state index in [1.54, 1.807) is 7.11 Å². The molecule has 1 aromatic rings. The van der Waals surface area contributed by atoms with Gasteiger partial charge in [-0.05, 0) is 18.1 Å². The van der Waals surface area contributed by atoms with Crippen molar-refractivity contribution < 1.29 is 13.2 Å². The second-order valence-corrected chi connectivity index (χ2v) is 8.92. The molecule has 0 unspecified atom stereocenters. The molecule has 0 aliphatic carbocycles. The highest BCUT2D eigenvalue weighted by atomic mass is 35.5. The van der Waals surface area contributed by atoms with E-state index in [9.17, 15) is 8.42 Å². The lowest BCUT2D eigenvalue weighted by atomic mass is 9.83. The summed E-state index contributed by atoms with van der Waals surface area (Å²) < 4.78 is 29.4. The van der Waals surface area contributed by atoms with Crippen molar-refractivity contribution in [2.45, 2.75) is 17.7 Å². The maximum Gasteiger partial charge on any atom is 0.158 e. The van der Waals surface area contributed by atoms with Gasteiger partial charge in [-0.1, -0.05) is 29.8 Å². The monoisotopic (exact) mass is 329 g/mol. The minimum Gasteiger partial charge on any atom is -0.384 e. The topological polar surface area (TPSA) is 46.6 Å². The van der Waals surface area contributed by atoms with E-state index >= 15 is 0 Å². The number of hydrogen-bond donors (Lipinski definition) is 0. The molecule has 1 aromatic carbocycles. The van der Waals surface area contributed by atoms with Crippen LogP contribution in [0.5, 0.6) is 0 Å². The highest BCUT2D eigenvalue weighted by Gasteiger charge is 2.61. The molecule has 0 amide bonds. The first-order chi connectivity index (χ1) is 9.98. The summed E-state index contributed by atoms with van der Waals surface area (Å²) in [7, 11) is -1.37. The molecule has 6 heteroatoms. The van der Waals surface area contributed by atoms with Crippen LogP contribution in [0.1, 0.15) is 12.0 Å². The lowest BCUT2D eigenvalue weighted by Gasteiger charge is -2.50. The Labute approximate surface area is 131 Å². The summed E-state index contributed by atoms with van der Waals surface area (Å²) in [6, 6.07) is 7.71. The lowest BCUT2D eigenvalue weighted by molar-refractivity contribution is 0.0412. The molecule has 0 bridgehead atoms. The molecule has 0 N–H and O–H groups in total. The highest BCUT2D eigenvalue weighted by Crippen LogP contribution is 2.45. The summed E-state index contributed by atoms with van der Waals surface area (Å²) in [6.45, 7) is 2.42. The van der Waals surface area contributed by atoms with Gasteiger partial charge in [0, 0.05) is 37.7 Å². The van der Waals surface area contributed by atoms with E-state index in [-0.39, 0.29) is 5.92 Å². The Morgan fingerprint density at radius 2 is 2.10 bits per heavy atom. The van der Waals surface area contributed by atoms with E-state index in [2.05, 4.69) is 4.90 Å². The summed E-state index contributed by atoms with van der Waals surface area (Å²) in [5.41, 5.74) is 1.05. The molecule has 1 spiro atoms. The summed E-state index contributed by atoms with van der Waals surface area (Å²) in [5.74, 6) is 0.413. The Balaban J connectivity index is 1.72. The normalized spacial score (nSPS) is 26.9. The van der Waals surface area contributed by atoms with Crippen LogP contribution in [0.25, 0.3) is 0 Å². The number of sulfone groups is 1. The molecule has 116 valence electrons. The number of hydrogen-bond acceptors (Lipinski definition) is 4. The molecule has 2 fully saturated rings. The van der Waals surface area contributed by atoms with Crippen molar-refractivity contribution in [3.8, 4) is 0 Å². The number of likely N-dealkylation sites (tertiary alicyclic amines) is 1. The molecule has 2 saturated heterocycles. The first kappa shape index (κ1) is 15.3. The zero-order valence-electron chi connectivity index (χ0n) is 12.1. The predicted octanol–water partition coefficient (Wildman–Crippen LogP) is 1.98. The third kappa shape index (κ3) is 2.50. The van der Waals surface area contributed by atoms with Crippen LogP contribution >= 0.6 is 11.6 Å². The van der Waals surface area contributed by atoms with Gasteiger partial charge in [0.1, 0.15) is 4.75 Å². The van der Waals surface area contributed by atoms with E-state index in [0.717, 1.165) is 17.0 Å². The van der Waals surface area contributed by atoms with Crippen LogP contribution in [0.3, 0.4) is 0 Å². The van der Waals surface area contributed by atoms with Crippen molar-refractivity contribution in [3.05, 3.63) is 34.9 Å². The Bertz CT molecular complexity index is 626. The second kappa shape index (κ2) is 5.54. The second-order valence-electron chi connectivity index (χ2n) is 6.06. The number of ether oxygens (including phenoxy) is 1. The van der Waals surface area contributed by atoms with Gasteiger partial charge in [-0.3, -0.25) is 4.90 Å². The van der Waals surface area contributed by atoms with Crippen LogP contribution < -0.4 is 0 Å². The van der Waals surface area contributed by atoms with Crippen LogP contribution in [-0.2, 0) is 21.1 Å². The smallest absolute Gasteiger partial charge is 0.158 e. The third-order valence-corrected chi connectivity index (χ3v) is 7.77. The number of methoxy groups -OCH3 is 1. The van der Waals surface area contributed by atoms with E-state index in [4.69, 9.17) is 16.3 Å².